The maximum Gasteiger partial charge on any atom is 0.173 e. The SMILES string of the molecule is Cc1ccc(F)cc1C(=O)C1(c2ccccc2)CC1. The number of ketones is 1. The second-order valence-electron chi connectivity index (χ2n) is 5.24. The summed E-state index contributed by atoms with van der Waals surface area (Å²) in [7, 11) is 0. The maximum atomic E-state index is 13.4. The smallest absolute Gasteiger partial charge is 0.173 e. The van der Waals surface area contributed by atoms with E-state index >= 15 is 0 Å². The van der Waals surface area contributed by atoms with Crippen molar-refractivity contribution in [1.82, 2.24) is 0 Å². The van der Waals surface area contributed by atoms with Crippen LogP contribution in [0.4, 0.5) is 4.39 Å². The van der Waals surface area contributed by atoms with Crippen LogP contribution in [0.1, 0.15) is 34.3 Å². The molecule has 1 saturated carbocycles. The van der Waals surface area contributed by atoms with Gasteiger partial charge in [-0.05, 0) is 43.0 Å². The summed E-state index contributed by atoms with van der Waals surface area (Å²) in [5.41, 5.74) is 1.98. The van der Waals surface area contributed by atoms with Crippen molar-refractivity contribution >= 4 is 5.78 Å². The minimum atomic E-state index is -0.417. The highest BCUT2D eigenvalue weighted by atomic mass is 19.1. The van der Waals surface area contributed by atoms with Crippen LogP contribution in [0.5, 0.6) is 0 Å². The van der Waals surface area contributed by atoms with Gasteiger partial charge in [0.1, 0.15) is 5.82 Å². The summed E-state index contributed by atoms with van der Waals surface area (Å²) in [6.07, 6.45) is 1.71. The Morgan fingerprint density at radius 1 is 1.11 bits per heavy atom. The van der Waals surface area contributed by atoms with Crippen LogP contribution < -0.4 is 0 Å². The Balaban J connectivity index is 2.03. The van der Waals surface area contributed by atoms with Crippen LogP contribution in [0.2, 0.25) is 0 Å². The monoisotopic (exact) mass is 254 g/mol. The summed E-state index contributed by atoms with van der Waals surface area (Å²) in [6.45, 7) is 1.85. The van der Waals surface area contributed by atoms with Crippen LogP contribution in [0.15, 0.2) is 48.5 Å². The lowest BCUT2D eigenvalue weighted by molar-refractivity contribution is 0.0945. The highest BCUT2D eigenvalue weighted by Gasteiger charge is 2.51. The van der Waals surface area contributed by atoms with Gasteiger partial charge in [0.25, 0.3) is 0 Å². The molecular formula is C17H15FO. The molecule has 3 rings (SSSR count). The number of hydrogen-bond acceptors (Lipinski definition) is 1. The van der Waals surface area contributed by atoms with Gasteiger partial charge in [-0.15, -0.1) is 0 Å². The second-order valence-corrected chi connectivity index (χ2v) is 5.24. The van der Waals surface area contributed by atoms with Gasteiger partial charge in [0.05, 0.1) is 5.41 Å². The first-order valence-corrected chi connectivity index (χ1v) is 6.50. The Kier molecular flexibility index (Phi) is 2.74. The summed E-state index contributed by atoms with van der Waals surface area (Å²) in [6, 6.07) is 14.2. The number of rotatable bonds is 3. The predicted molar refractivity (Wildman–Crippen MR) is 72.8 cm³/mol. The molecule has 19 heavy (non-hydrogen) atoms. The van der Waals surface area contributed by atoms with Crippen molar-refractivity contribution in [2.45, 2.75) is 25.2 Å². The third-order valence-electron chi connectivity index (χ3n) is 3.96. The van der Waals surface area contributed by atoms with E-state index in [4.69, 9.17) is 0 Å². The van der Waals surface area contributed by atoms with Gasteiger partial charge in [-0.25, -0.2) is 4.39 Å². The number of carbonyl (C=O) groups is 1. The van der Waals surface area contributed by atoms with Gasteiger partial charge in [0.2, 0.25) is 0 Å². The zero-order chi connectivity index (χ0) is 13.5. The summed E-state index contributed by atoms with van der Waals surface area (Å²) in [5, 5.41) is 0. The van der Waals surface area contributed by atoms with Gasteiger partial charge in [0.15, 0.2) is 5.78 Å². The summed E-state index contributed by atoms with van der Waals surface area (Å²) in [4.78, 5) is 12.7. The average molecular weight is 254 g/mol. The molecular weight excluding hydrogens is 239 g/mol. The first kappa shape index (κ1) is 12.1. The van der Waals surface area contributed by atoms with Crippen molar-refractivity contribution in [3.05, 3.63) is 71.0 Å². The molecule has 1 aliphatic carbocycles. The average Bonchev–Trinajstić information content (AvgIpc) is 3.23. The van der Waals surface area contributed by atoms with Crippen molar-refractivity contribution in [3.63, 3.8) is 0 Å². The summed E-state index contributed by atoms with van der Waals surface area (Å²) < 4.78 is 13.4. The molecule has 0 N–H and O–H groups in total. The molecule has 0 amide bonds. The molecule has 0 unspecified atom stereocenters. The van der Waals surface area contributed by atoms with Crippen LogP contribution in [0.3, 0.4) is 0 Å². The Bertz CT molecular complexity index is 627. The Morgan fingerprint density at radius 2 is 1.79 bits per heavy atom. The van der Waals surface area contributed by atoms with E-state index < -0.39 is 5.41 Å². The molecule has 1 aliphatic rings. The normalized spacial score (nSPS) is 16.1. The highest BCUT2D eigenvalue weighted by molar-refractivity contribution is 6.07. The number of hydrogen-bond donors (Lipinski definition) is 0. The molecule has 96 valence electrons. The van der Waals surface area contributed by atoms with Crippen molar-refractivity contribution < 1.29 is 9.18 Å². The minimum Gasteiger partial charge on any atom is -0.293 e. The van der Waals surface area contributed by atoms with E-state index in [1.807, 2.05) is 37.3 Å². The van der Waals surface area contributed by atoms with Gasteiger partial charge >= 0.3 is 0 Å². The molecule has 0 atom stereocenters. The van der Waals surface area contributed by atoms with E-state index in [2.05, 4.69) is 0 Å². The lowest BCUT2D eigenvalue weighted by Crippen LogP contribution is -2.21. The highest BCUT2D eigenvalue weighted by Crippen LogP contribution is 2.50. The molecule has 0 radical (unpaired) electrons. The van der Waals surface area contributed by atoms with E-state index in [1.54, 1.807) is 6.07 Å². The quantitative estimate of drug-likeness (QED) is 0.755. The number of halogens is 1. The van der Waals surface area contributed by atoms with E-state index in [9.17, 15) is 9.18 Å². The number of Topliss-reactive ketones (excluding diaryl/α,β-unsaturated/α-hetero) is 1. The van der Waals surface area contributed by atoms with E-state index in [0.29, 0.717) is 5.56 Å². The standard InChI is InChI=1S/C17H15FO/c1-12-7-8-14(18)11-15(12)16(19)17(9-10-17)13-5-3-2-4-6-13/h2-8,11H,9-10H2,1H3. The van der Waals surface area contributed by atoms with E-state index in [-0.39, 0.29) is 11.6 Å². The Labute approximate surface area is 112 Å². The largest absolute Gasteiger partial charge is 0.293 e. The topological polar surface area (TPSA) is 17.1 Å². The van der Waals surface area contributed by atoms with Crippen LogP contribution in [-0.4, -0.2) is 5.78 Å². The van der Waals surface area contributed by atoms with Gasteiger partial charge in [0, 0.05) is 5.56 Å². The molecule has 2 aromatic carbocycles. The molecule has 0 heterocycles. The number of carbonyl (C=O) groups excluding carboxylic acids is 1. The summed E-state index contributed by atoms with van der Waals surface area (Å²) in [5.74, 6) is -0.298. The van der Waals surface area contributed by atoms with Crippen molar-refractivity contribution in [2.24, 2.45) is 0 Å². The molecule has 0 saturated heterocycles. The van der Waals surface area contributed by atoms with Crippen LogP contribution in [-0.2, 0) is 5.41 Å². The number of benzene rings is 2. The fourth-order valence-corrected chi connectivity index (χ4v) is 2.63. The summed E-state index contributed by atoms with van der Waals surface area (Å²) >= 11 is 0. The van der Waals surface area contributed by atoms with Crippen LogP contribution in [0.25, 0.3) is 0 Å². The molecule has 0 spiro atoms. The van der Waals surface area contributed by atoms with Gasteiger partial charge in [-0.1, -0.05) is 36.4 Å². The zero-order valence-corrected chi connectivity index (χ0v) is 10.8. The molecule has 2 aromatic rings. The lowest BCUT2D eigenvalue weighted by Gasteiger charge is -2.16. The second kappa shape index (κ2) is 4.30. The van der Waals surface area contributed by atoms with Gasteiger partial charge < -0.3 is 0 Å². The van der Waals surface area contributed by atoms with Gasteiger partial charge in [-0.3, -0.25) is 4.79 Å². The first-order chi connectivity index (χ1) is 9.13. The number of aryl methyl sites for hydroxylation is 1. The lowest BCUT2D eigenvalue weighted by atomic mass is 9.86. The van der Waals surface area contributed by atoms with Crippen molar-refractivity contribution in [3.8, 4) is 0 Å². The van der Waals surface area contributed by atoms with Gasteiger partial charge in [-0.2, -0.15) is 0 Å². The molecule has 0 aromatic heterocycles. The van der Waals surface area contributed by atoms with Crippen molar-refractivity contribution in [2.75, 3.05) is 0 Å². The first-order valence-electron chi connectivity index (χ1n) is 6.50. The molecule has 2 heteroatoms. The molecule has 1 fully saturated rings. The maximum absolute atomic E-state index is 13.4. The predicted octanol–water partition coefficient (Wildman–Crippen LogP) is 4.05. The fraction of sp³-hybridized carbons (Fsp3) is 0.235. The minimum absolute atomic E-state index is 0.0516. The third kappa shape index (κ3) is 1.97. The Hall–Kier alpha value is -1.96. The van der Waals surface area contributed by atoms with E-state index in [1.165, 1.54) is 12.1 Å². The molecule has 0 aliphatic heterocycles. The zero-order valence-electron chi connectivity index (χ0n) is 10.8. The van der Waals surface area contributed by atoms with Crippen LogP contribution >= 0.6 is 0 Å². The van der Waals surface area contributed by atoms with Crippen molar-refractivity contribution in [1.29, 1.82) is 0 Å². The fourth-order valence-electron chi connectivity index (χ4n) is 2.63. The molecule has 0 bridgehead atoms. The van der Waals surface area contributed by atoms with Crippen LogP contribution in [0, 0.1) is 12.7 Å². The Morgan fingerprint density at radius 3 is 2.42 bits per heavy atom. The van der Waals surface area contributed by atoms with E-state index in [0.717, 1.165) is 24.0 Å². The third-order valence-corrected chi connectivity index (χ3v) is 3.96. The molecule has 1 nitrogen and oxygen atoms in total.